The Kier molecular flexibility index (Phi) is 12.6. The fourth-order valence-corrected chi connectivity index (χ4v) is 8.07. The largest absolute Gasteiger partial charge is 0.493 e. The number of carbonyl (C=O) groups is 1. The first kappa shape index (κ1) is 38.0. The summed E-state index contributed by atoms with van der Waals surface area (Å²) in [5, 5.41) is 3.97. The van der Waals surface area contributed by atoms with Crippen molar-refractivity contribution in [1.82, 2.24) is 14.0 Å². The monoisotopic (exact) mass is 744 g/mol. The molecule has 5 rings (SSSR count). The molecule has 0 fully saturated rings. The van der Waals surface area contributed by atoms with Crippen molar-refractivity contribution in [2.75, 3.05) is 27.3 Å². The summed E-state index contributed by atoms with van der Waals surface area (Å²) in [5.41, 5.74) is 5.02. The molecule has 1 N–H and O–H groups in total. The minimum atomic E-state index is -4.15. The van der Waals surface area contributed by atoms with Crippen LogP contribution in [-0.4, -0.2) is 64.9 Å². The van der Waals surface area contributed by atoms with Crippen molar-refractivity contribution in [1.29, 1.82) is 0 Å². The summed E-state index contributed by atoms with van der Waals surface area (Å²) >= 11 is 0. The van der Waals surface area contributed by atoms with Gasteiger partial charge in [-0.1, -0.05) is 78.4 Å². The molecule has 1 aromatic heterocycles. The molecule has 0 saturated heterocycles. The maximum atomic E-state index is 13.8. The Morgan fingerprint density at radius 2 is 1.35 bits per heavy atom. The number of methoxy groups -OCH3 is 2. The van der Waals surface area contributed by atoms with Crippen LogP contribution in [0.15, 0.2) is 135 Å². The van der Waals surface area contributed by atoms with E-state index in [1.165, 1.54) is 42.9 Å². The smallest absolute Gasteiger partial charge is 0.255 e. The van der Waals surface area contributed by atoms with Crippen molar-refractivity contribution in [3.8, 4) is 11.5 Å². The number of carbonyl (C=O) groups excluding carboxylic acids is 1. The number of benzene rings is 4. The highest BCUT2D eigenvalue weighted by Crippen LogP contribution is 2.31. The number of ether oxygens (including phenoxy) is 2. The molecule has 5 aromatic rings. The van der Waals surface area contributed by atoms with E-state index in [0.29, 0.717) is 17.9 Å². The zero-order chi connectivity index (χ0) is 37.1. The van der Waals surface area contributed by atoms with E-state index >= 15 is 0 Å². The molecule has 1 heterocycles. The Bertz CT molecular complexity index is 2190. The van der Waals surface area contributed by atoms with Crippen LogP contribution in [0.25, 0.3) is 0 Å². The summed E-state index contributed by atoms with van der Waals surface area (Å²) in [4.78, 5) is 13.2. The molecule has 0 atom stereocenters. The lowest BCUT2D eigenvalue weighted by atomic mass is 10.1. The van der Waals surface area contributed by atoms with E-state index in [0.717, 1.165) is 21.0 Å². The van der Waals surface area contributed by atoms with E-state index in [1.54, 1.807) is 36.4 Å². The van der Waals surface area contributed by atoms with Gasteiger partial charge in [0.25, 0.3) is 5.91 Å². The summed E-state index contributed by atoms with van der Waals surface area (Å²) in [6, 6.07) is 32.7. The Balaban J connectivity index is 1.29. The first-order valence-electron chi connectivity index (χ1n) is 16.3. The molecule has 0 aliphatic carbocycles. The Labute approximate surface area is 304 Å². The summed E-state index contributed by atoms with van der Waals surface area (Å²) in [6.45, 7) is 1.44. The highest BCUT2D eigenvalue weighted by atomic mass is 32.2. The molecule has 0 aliphatic rings. The third-order valence-corrected chi connectivity index (χ3v) is 11.7. The highest BCUT2D eigenvalue weighted by Gasteiger charge is 2.28. The molecule has 0 spiro atoms. The van der Waals surface area contributed by atoms with Crippen LogP contribution in [0.5, 0.6) is 11.5 Å². The fourth-order valence-electron chi connectivity index (χ4n) is 5.27. The van der Waals surface area contributed by atoms with Gasteiger partial charge in [-0.2, -0.15) is 13.7 Å². The van der Waals surface area contributed by atoms with Crippen LogP contribution >= 0.6 is 0 Å². The van der Waals surface area contributed by atoms with Crippen molar-refractivity contribution < 1.29 is 35.5 Å². The van der Waals surface area contributed by atoms with E-state index in [1.807, 2.05) is 67.6 Å². The number of hydrogen-bond donors (Lipinski definition) is 1. The molecular weight excluding hydrogens is 705 g/mol. The summed E-state index contributed by atoms with van der Waals surface area (Å²) < 4.78 is 73.8. The summed E-state index contributed by atoms with van der Waals surface area (Å²) in [5.74, 6) is 0.518. The zero-order valence-corrected chi connectivity index (χ0v) is 30.6. The van der Waals surface area contributed by atoms with E-state index in [2.05, 4.69) is 10.5 Å². The predicted octanol–water partition coefficient (Wildman–Crippen LogP) is 5.38. The summed E-state index contributed by atoms with van der Waals surface area (Å²) in [6.07, 6.45) is 1.62. The van der Waals surface area contributed by atoms with Crippen molar-refractivity contribution >= 4 is 32.2 Å². The minimum Gasteiger partial charge on any atom is -0.493 e. The third-order valence-electron chi connectivity index (χ3n) is 8.06. The van der Waals surface area contributed by atoms with Crippen LogP contribution in [0.4, 0.5) is 0 Å². The normalized spacial score (nSPS) is 12.0. The third kappa shape index (κ3) is 9.73. The predicted molar refractivity (Wildman–Crippen MR) is 197 cm³/mol. The lowest BCUT2D eigenvalue weighted by molar-refractivity contribution is -0.121. The van der Waals surface area contributed by atoms with Crippen LogP contribution in [0, 0.1) is 6.92 Å². The number of rotatable bonds is 17. The highest BCUT2D eigenvalue weighted by molar-refractivity contribution is 7.89. The molecule has 0 radical (unpaired) electrons. The second-order valence-corrected chi connectivity index (χ2v) is 15.6. The van der Waals surface area contributed by atoms with E-state index in [-0.39, 0.29) is 40.9 Å². The van der Waals surface area contributed by atoms with Gasteiger partial charge in [0.05, 0.1) is 43.3 Å². The maximum Gasteiger partial charge on any atom is 0.255 e. The van der Waals surface area contributed by atoms with Gasteiger partial charge in [-0.15, -0.1) is 0 Å². The van der Waals surface area contributed by atoms with Crippen LogP contribution in [-0.2, 0) is 44.4 Å². The van der Waals surface area contributed by atoms with E-state index in [4.69, 9.17) is 13.9 Å². The Morgan fingerprint density at radius 3 is 2.00 bits per heavy atom. The zero-order valence-electron chi connectivity index (χ0n) is 29.0. The molecule has 0 unspecified atom stereocenters. The number of nitrogens with one attached hydrogen (secondary N) is 1. The van der Waals surface area contributed by atoms with Gasteiger partial charge in [0.1, 0.15) is 11.5 Å². The van der Waals surface area contributed by atoms with Gasteiger partial charge in [-0.25, -0.2) is 22.3 Å². The minimum absolute atomic E-state index is 0.0182. The molecule has 272 valence electrons. The molecular formula is C38H40N4O8S2. The molecule has 0 bridgehead atoms. The average Bonchev–Trinajstić information content (AvgIpc) is 3.60. The molecule has 1 amide bonds. The number of sulfonamides is 2. The first-order valence-corrected chi connectivity index (χ1v) is 19.1. The molecule has 12 nitrogen and oxygen atoms in total. The average molecular weight is 745 g/mol. The lowest BCUT2D eigenvalue weighted by Crippen LogP contribution is -2.40. The summed E-state index contributed by atoms with van der Waals surface area (Å²) in [7, 11) is -5.19. The maximum absolute atomic E-state index is 13.8. The van der Waals surface area contributed by atoms with E-state index < -0.39 is 32.5 Å². The van der Waals surface area contributed by atoms with Crippen LogP contribution in [0.1, 0.15) is 28.2 Å². The molecule has 0 aliphatic heterocycles. The molecule has 14 heteroatoms. The topological polar surface area (TPSA) is 148 Å². The standard InChI is InChI=1S/C38H40N4O8S2/c1-29-14-18-34(19-15-29)51(44,45)42(26-31-12-8-5-9-13-31)27-33-17-16-32(50-33)25-39-40-38(43)28-41(23-22-30-10-6-4-7-11-30)52(46,47)35-20-21-36(48-2)37(24-35)49-3/h4-21,24-25H,22-23,26-28H2,1-3H3,(H,40,43)/b39-25-. The number of furan rings is 1. The Morgan fingerprint density at radius 1 is 0.731 bits per heavy atom. The molecule has 4 aromatic carbocycles. The second-order valence-electron chi connectivity index (χ2n) is 11.8. The molecule has 52 heavy (non-hydrogen) atoms. The SMILES string of the molecule is COc1ccc(S(=O)(=O)N(CCc2ccccc2)CC(=O)N/N=C\c2ccc(CN(Cc3ccccc3)S(=O)(=O)c3ccc(C)cc3)o2)cc1OC. The number of amides is 1. The number of aryl methyl sites for hydroxylation is 1. The van der Waals surface area contributed by atoms with Crippen LogP contribution in [0.2, 0.25) is 0 Å². The van der Waals surface area contributed by atoms with Crippen LogP contribution < -0.4 is 14.9 Å². The number of nitrogens with zero attached hydrogens (tertiary/aromatic N) is 3. The van der Waals surface area contributed by atoms with Gasteiger partial charge in [0.2, 0.25) is 20.0 Å². The molecule has 0 saturated carbocycles. The van der Waals surface area contributed by atoms with Gasteiger partial charge >= 0.3 is 0 Å². The van der Waals surface area contributed by atoms with Gasteiger partial charge in [0, 0.05) is 19.2 Å². The second kappa shape index (κ2) is 17.3. The van der Waals surface area contributed by atoms with Crippen molar-refractivity contribution in [3.05, 3.63) is 143 Å². The van der Waals surface area contributed by atoms with Crippen molar-refractivity contribution in [2.24, 2.45) is 5.10 Å². The van der Waals surface area contributed by atoms with Gasteiger partial charge < -0.3 is 13.9 Å². The first-order chi connectivity index (χ1) is 25.0. The lowest BCUT2D eigenvalue weighted by Gasteiger charge is -2.22. The van der Waals surface area contributed by atoms with Crippen molar-refractivity contribution in [2.45, 2.75) is 36.2 Å². The van der Waals surface area contributed by atoms with Gasteiger partial charge in [-0.05, 0) is 60.9 Å². The van der Waals surface area contributed by atoms with Gasteiger partial charge in [0.15, 0.2) is 11.5 Å². The fraction of sp³-hybridized carbons (Fsp3) is 0.211. The van der Waals surface area contributed by atoms with Gasteiger partial charge in [-0.3, -0.25) is 4.79 Å². The van der Waals surface area contributed by atoms with Crippen LogP contribution in [0.3, 0.4) is 0 Å². The Hall–Kier alpha value is -5.28. The quantitative estimate of drug-likeness (QED) is 0.0987. The van der Waals surface area contributed by atoms with Crippen molar-refractivity contribution in [3.63, 3.8) is 0 Å². The van der Waals surface area contributed by atoms with E-state index in [9.17, 15) is 21.6 Å². The number of hydrazone groups is 1. The number of hydrogen-bond acceptors (Lipinski definition) is 9.